The molecule has 148 valence electrons. The summed E-state index contributed by atoms with van der Waals surface area (Å²) in [5, 5.41) is 12.6. The van der Waals surface area contributed by atoms with E-state index in [2.05, 4.69) is 21.6 Å². The molecule has 9 heteroatoms. The minimum absolute atomic E-state index is 0.102. The van der Waals surface area contributed by atoms with Gasteiger partial charge < -0.3 is 19.7 Å². The van der Waals surface area contributed by atoms with Crippen LogP contribution < -0.4 is 14.8 Å². The summed E-state index contributed by atoms with van der Waals surface area (Å²) < 4.78 is 12.2. The third kappa shape index (κ3) is 3.91. The lowest BCUT2D eigenvalue weighted by atomic mass is 10.0. The predicted molar refractivity (Wildman–Crippen MR) is 108 cm³/mol. The zero-order valence-electron chi connectivity index (χ0n) is 15.4. The Hall–Kier alpha value is -2.00. The molecule has 0 radical (unpaired) electrons. The molecule has 1 aliphatic carbocycles. The molecule has 2 aliphatic heterocycles. The van der Waals surface area contributed by atoms with Gasteiger partial charge in [0.05, 0.1) is 11.8 Å². The van der Waals surface area contributed by atoms with Crippen LogP contribution in [0, 0.1) is 0 Å². The van der Waals surface area contributed by atoms with E-state index < -0.39 is 0 Å². The van der Waals surface area contributed by atoms with Crippen LogP contribution in [0.25, 0.3) is 0 Å². The highest BCUT2D eigenvalue weighted by atomic mass is 32.2. The number of amides is 1. The molecule has 5 rings (SSSR count). The fourth-order valence-corrected chi connectivity index (χ4v) is 5.33. The Morgan fingerprint density at radius 1 is 1.21 bits per heavy atom. The van der Waals surface area contributed by atoms with Crippen molar-refractivity contribution in [3.8, 4) is 11.5 Å². The molecule has 0 spiro atoms. The van der Waals surface area contributed by atoms with Crippen molar-refractivity contribution in [3.05, 3.63) is 23.8 Å². The number of aromatic nitrogens is 2. The van der Waals surface area contributed by atoms with Crippen LogP contribution in [-0.2, 0) is 4.79 Å². The Morgan fingerprint density at radius 3 is 2.93 bits per heavy atom. The molecular weight excluding hydrogens is 396 g/mol. The van der Waals surface area contributed by atoms with Crippen LogP contribution in [0.4, 0.5) is 5.13 Å². The third-order valence-corrected chi connectivity index (χ3v) is 7.13. The van der Waals surface area contributed by atoms with Crippen molar-refractivity contribution in [2.24, 2.45) is 0 Å². The van der Waals surface area contributed by atoms with E-state index in [1.54, 1.807) is 0 Å². The van der Waals surface area contributed by atoms with Crippen molar-refractivity contribution in [1.82, 2.24) is 15.1 Å². The van der Waals surface area contributed by atoms with E-state index in [0.717, 1.165) is 45.9 Å². The third-order valence-electron chi connectivity index (χ3n) is 5.15. The minimum Gasteiger partial charge on any atom is -0.486 e. The van der Waals surface area contributed by atoms with Crippen molar-refractivity contribution in [1.29, 1.82) is 0 Å². The summed E-state index contributed by atoms with van der Waals surface area (Å²) in [6.07, 6.45) is 4.40. The van der Waals surface area contributed by atoms with Crippen LogP contribution in [0.2, 0.25) is 0 Å². The van der Waals surface area contributed by atoms with Gasteiger partial charge in [-0.3, -0.25) is 4.79 Å². The molecule has 7 nitrogen and oxygen atoms in total. The number of anilines is 1. The quantitative estimate of drug-likeness (QED) is 0.721. The number of thioether (sulfide) groups is 1. The number of nitrogens with one attached hydrogen (secondary N) is 1. The van der Waals surface area contributed by atoms with E-state index in [4.69, 9.17) is 9.47 Å². The van der Waals surface area contributed by atoms with E-state index in [1.807, 2.05) is 17.0 Å². The topological polar surface area (TPSA) is 76.6 Å². The van der Waals surface area contributed by atoms with Gasteiger partial charge in [0, 0.05) is 12.6 Å². The summed E-state index contributed by atoms with van der Waals surface area (Å²) in [5.74, 6) is 2.10. The largest absolute Gasteiger partial charge is 0.486 e. The van der Waals surface area contributed by atoms with Crippen LogP contribution >= 0.6 is 23.1 Å². The smallest absolute Gasteiger partial charge is 0.233 e. The second-order valence-corrected chi connectivity index (χ2v) is 9.43. The maximum absolute atomic E-state index is 12.9. The van der Waals surface area contributed by atoms with Crippen molar-refractivity contribution in [2.45, 2.75) is 42.1 Å². The van der Waals surface area contributed by atoms with Gasteiger partial charge in [-0.05, 0) is 43.4 Å². The summed E-state index contributed by atoms with van der Waals surface area (Å²) >= 11 is 3.00. The van der Waals surface area contributed by atoms with Crippen LogP contribution in [0.15, 0.2) is 22.5 Å². The Bertz CT molecular complexity index is 871. The molecule has 3 aliphatic rings. The van der Waals surface area contributed by atoms with Crippen LogP contribution in [0.5, 0.6) is 11.5 Å². The van der Waals surface area contributed by atoms with E-state index in [0.29, 0.717) is 25.0 Å². The maximum Gasteiger partial charge on any atom is 0.233 e. The van der Waals surface area contributed by atoms with Crippen molar-refractivity contribution >= 4 is 34.1 Å². The monoisotopic (exact) mass is 418 g/mol. The number of fused-ring (bicyclic) bond motifs is 1. The molecular formula is C19H22N4O3S2. The van der Waals surface area contributed by atoms with Crippen molar-refractivity contribution < 1.29 is 14.3 Å². The van der Waals surface area contributed by atoms with Gasteiger partial charge in [0.15, 0.2) is 15.8 Å². The molecule has 3 heterocycles. The Morgan fingerprint density at radius 2 is 2.07 bits per heavy atom. The lowest BCUT2D eigenvalue weighted by Crippen LogP contribution is -2.32. The van der Waals surface area contributed by atoms with Gasteiger partial charge in [0.25, 0.3) is 0 Å². The lowest BCUT2D eigenvalue weighted by Gasteiger charge is -2.26. The fraction of sp³-hybridized carbons (Fsp3) is 0.526. The highest BCUT2D eigenvalue weighted by Gasteiger charge is 2.31. The summed E-state index contributed by atoms with van der Waals surface area (Å²) in [4.78, 5) is 14.9. The first-order chi connectivity index (χ1) is 13.8. The fourth-order valence-electron chi connectivity index (χ4n) is 3.61. The van der Waals surface area contributed by atoms with Gasteiger partial charge >= 0.3 is 0 Å². The highest BCUT2D eigenvalue weighted by Crippen LogP contribution is 2.38. The zero-order chi connectivity index (χ0) is 18.9. The number of benzene rings is 1. The molecule has 1 atom stereocenters. The van der Waals surface area contributed by atoms with Crippen molar-refractivity contribution in [3.63, 3.8) is 0 Å². The lowest BCUT2D eigenvalue weighted by molar-refractivity contribution is -0.129. The molecule has 1 aromatic heterocycles. The van der Waals surface area contributed by atoms with E-state index in [1.165, 1.54) is 35.9 Å². The number of nitrogens with zero attached hydrogens (tertiary/aromatic N) is 3. The summed E-state index contributed by atoms with van der Waals surface area (Å²) in [7, 11) is 0. The number of ether oxygens (including phenoxy) is 2. The Labute approximate surface area is 171 Å². The van der Waals surface area contributed by atoms with Gasteiger partial charge in [-0.25, -0.2) is 0 Å². The van der Waals surface area contributed by atoms with E-state index >= 15 is 0 Å². The molecule has 2 fully saturated rings. The molecule has 2 aromatic rings. The van der Waals surface area contributed by atoms with Gasteiger partial charge in [0.2, 0.25) is 11.0 Å². The number of hydrogen-bond acceptors (Lipinski definition) is 8. The Balaban J connectivity index is 1.22. The number of carbonyl (C=O) groups excluding carboxylic acids is 1. The molecule has 28 heavy (non-hydrogen) atoms. The standard InChI is InChI=1S/C19H22N4O3S2/c24-17(11-27-19-22-21-18(28-19)20-13-4-5-13)23-7-1-2-14(23)12-3-6-15-16(10-12)26-9-8-25-15/h3,6,10,13-14H,1-2,4-5,7-9,11H2,(H,20,21). The van der Waals surface area contributed by atoms with E-state index in [9.17, 15) is 4.79 Å². The molecule has 1 N–H and O–H groups in total. The summed E-state index contributed by atoms with van der Waals surface area (Å²) in [5.41, 5.74) is 1.12. The summed E-state index contributed by atoms with van der Waals surface area (Å²) in [6, 6.07) is 6.69. The van der Waals surface area contributed by atoms with Gasteiger partial charge in [-0.1, -0.05) is 29.2 Å². The van der Waals surface area contributed by atoms with E-state index in [-0.39, 0.29) is 11.9 Å². The SMILES string of the molecule is O=C(CSc1nnc(NC2CC2)s1)N1CCCC1c1ccc2c(c1)OCCO2. The number of carbonyl (C=O) groups is 1. The first-order valence-electron chi connectivity index (χ1n) is 9.68. The molecule has 1 saturated heterocycles. The van der Waals surface area contributed by atoms with Crippen molar-refractivity contribution in [2.75, 3.05) is 30.8 Å². The number of rotatable bonds is 6. The van der Waals surface area contributed by atoms with Crippen LogP contribution in [0.3, 0.4) is 0 Å². The molecule has 1 aromatic carbocycles. The summed E-state index contributed by atoms with van der Waals surface area (Å²) in [6.45, 7) is 1.95. The minimum atomic E-state index is 0.102. The number of hydrogen-bond donors (Lipinski definition) is 1. The Kier molecular flexibility index (Phi) is 5.02. The molecule has 0 bridgehead atoms. The van der Waals surface area contributed by atoms with Gasteiger partial charge in [0.1, 0.15) is 13.2 Å². The second kappa shape index (κ2) is 7.79. The average molecular weight is 419 g/mol. The normalized spacial score (nSPS) is 21.0. The average Bonchev–Trinajstić information content (AvgIpc) is 3.21. The predicted octanol–water partition coefficient (Wildman–Crippen LogP) is 3.34. The molecule has 1 saturated carbocycles. The van der Waals surface area contributed by atoms with Gasteiger partial charge in [-0.15, -0.1) is 10.2 Å². The number of likely N-dealkylation sites (tertiary alicyclic amines) is 1. The molecule has 1 unspecified atom stereocenters. The first-order valence-corrected chi connectivity index (χ1v) is 11.5. The highest BCUT2D eigenvalue weighted by molar-refractivity contribution is 8.01. The maximum atomic E-state index is 12.9. The van der Waals surface area contributed by atoms with Crippen LogP contribution in [0.1, 0.15) is 37.3 Å². The first kappa shape index (κ1) is 18.1. The van der Waals surface area contributed by atoms with Crippen LogP contribution in [-0.4, -0.2) is 52.6 Å². The molecule has 1 amide bonds. The van der Waals surface area contributed by atoms with Gasteiger partial charge in [-0.2, -0.15) is 0 Å². The zero-order valence-corrected chi connectivity index (χ0v) is 17.1. The second-order valence-electron chi connectivity index (χ2n) is 7.23.